The highest BCUT2D eigenvalue weighted by Gasteiger charge is 2.36. The molecule has 9 nitrogen and oxygen atoms in total. The standard InChI is InChI=1S/C37H39Cl2N3O6S/c1-47-34-20-18-30(23-35(34)48-2)49(45,46)42(29-15-7-4-8-16-29)25-36(43)41(24-27-17-19-31(38)32(39)21-27)33(22-26-11-5-3-6-12-26)37(44)40-28-13-9-10-14-28/h3-8,11-12,15-21,23,28,33H,9-10,13-14,22,24-25H2,1-2H3,(H,40,44). The van der Waals surface area contributed by atoms with E-state index < -0.39 is 28.5 Å². The number of sulfonamides is 1. The number of carbonyl (C=O) groups excluding carboxylic acids is 2. The van der Waals surface area contributed by atoms with E-state index in [1.54, 1.807) is 48.5 Å². The number of hydrogen-bond acceptors (Lipinski definition) is 6. The number of halogens is 2. The Morgan fingerprint density at radius 1 is 0.816 bits per heavy atom. The number of para-hydroxylation sites is 1. The highest BCUT2D eigenvalue weighted by molar-refractivity contribution is 7.92. The molecule has 0 radical (unpaired) electrons. The zero-order chi connectivity index (χ0) is 35.0. The van der Waals surface area contributed by atoms with Gasteiger partial charge in [0.1, 0.15) is 12.6 Å². The van der Waals surface area contributed by atoms with Gasteiger partial charge in [0, 0.05) is 25.1 Å². The number of amides is 2. The van der Waals surface area contributed by atoms with Crippen LogP contribution in [-0.2, 0) is 32.6 Å². The molecule has 258 valence electrons. The molecule has 1 N–H and O–H groups in total. The van der Waals surface area contributed by atoms with Crippen LogP contribution in [-0.4, -0.2) is 58.0 Å². The molecule has 12 heteroatoms. The molecule has 4 aromatic carbocycles. The van der Waals surface area contributed by atoms with E-state index in [2.05, 4.69) is 5.32 Å². The number of hydrogen-bond donors (Lipinski definition) is 1. The summed E-state index contributed by atoms with van der Waals surface area (Å²) < 4.78 is 40.5. The number of benzene rings is 4. The molecular formula is C37H39Cl2N3O6S. The third-order valence-corrected chi connectivity index (χ3v) is 11.1. The van der Waals surface area contributed by atoms with Gasteiger partial charge in [-0.2, -0.15) is 0 Å². The van der Waals surface area contributed by atoms with Crippen LogP contribution in [0.3, 0.4) is 0 Å². The van der Waals surface area contributed by atoms with Crippen molar-refractivity contribution in [1.82, 2.24) is 10.2 Å². The van der Waals surface area contributed by atoms with Gasteiger partial charge in [-0.3, -0.25) is 13.9 Å². The maximum atomic E-state index is 14.7. The monoisotopic (exact) mass is 723 g/mol. The minimum Gasteiger partial charge on any atom is -0.493 e. The minimum absolute atomic E-state index is 0.000973. The molecule has 0 heterocycles. The normalized spacial score (nSPS) is 13.8. The van der Waals surface area contributed by atoms with Gasteiger partial charge >= 0.3 is 0 Å². The predicted octanol–water partition coefficient (Wildman–Crippen LogP) is 6.90. The number of nitrogens with one attached hydrogen (secondary N) is 1. The first-order valence-electron chi connectivity index (χ1n) is 16.0. The van der Waals surface area contributed by atoms with Gasteiger partial charge in [0.05, 0.1) is 34.8 Å². The van der Waals surface area contributed by atoms with Crippen LogP contribution in [0.15, 0.2) is 102 Å². The highest BCUT2D eigenvalue weighted by Crippen LogP contribution is 2.33. The van der Waals surface area contributed by atoms with Gasteiger partial charge in [0.2, 0.25) is 11.8 Å². The van der Waals surface area contributed by atoms with Crippen molar-refractivity contribution in [3.8, 4) is 11.5 Å². The number of carbonyl (C=O) groups is 2. The van der Waals surface area contributed by atoms with Crippen LogP contribution in [0.1, 0.15) is 36.8 Å². The fraction of sp³-hybridized carbons (Fsp3) is 0.297. The number of rotatable bonds is 14. The van der Waals surface area contributed by atoms with Crippen LogP contribution in [0, 0.1) is 0 Å². The highest BCUT2D eigenvalue weighted by atomic mass is 35.5. The summed E-state index contributed by atoms with van der Waals surface area (Å²) in [5, 5.41) is 3.81. The van der Waals surface area contributed by atoms with E-state index >= 15 is 0 Å². The quantitative estimate of drug-likeness (QED) is 0.152. The first-order valence-corrected chi connectivity index (χ1v) is 18.2. The lowest BCUT2D eigenvalue weighted by Gasteiger charge is -2.34. The van der Waals surface area contributed by atoms with Gasteiger partial charge in [0.25, 0.3) is 10.0 Å². The van der Waals surface area contributed by atoms with Crippen molar-refractivity contribution in [3.05, 3.63) is 118 Å². The van der Waals surface area contributed by atoms with E-state index in [1.807, 2.05) is 30.3 Å². The van der Waals surface area contributed by atoms with Crippen LogP contribution < -0.4 is 19.1 Å². The van der Waals surface area contributed by atoms with Gasteiger partial charge in [-0.25, -0.2) is 8.42 Å². The summed E-state index contributed by atoms with van der Waals surface area (Å²) in [7, 11) is -1.47. The van der Waals surface area contributed by atoms with Crippen molar-refractivity contribution >= 4 is 50.7 Å². The van der Waals surface area contributed by atoms with E-state index in [-0.39, 0.29) is 41.2 Å². The molecule has 1 saturated carbocycles. The molecule has 1 fully saturated rings. The molecule has 0 spiro atoms. The van der Waals surface area contributed by atoms with Crippen LogP contribution in [0.2, 0.25) is 10.0 Å². The molecule has 1 aliphatic rings. The van der Waals surface area contributed by atoms with Crippen molar-refractivity contribution in [3.63, 3.8) is 0 Å². The van der Waals surface area contributed by atoms with Crippen molar-refractivity contribution in [2.24, 2.45) is 0 Å². The van der Waals surface area contributed by atoms with E-state index in [0.29, 0.717) is 21.4 Å². The summed E-state index contributed by atoms with van der Waals surface area (Å²) in [6, 6.07) is 26.1. The van der Waals surface area contributed by atoms with E-state index in [1.165, 1.54) is 37.3 Å². The van der Waals surface area contributed by atoms with E-state index in [9.17, 15) is 18.0 Å². The van der Waals surface area contributed by atoms with Gasteiger partial charge < -0.3 is 19.7 Å². The first kappa shape index (κ1) is 36.0. The number of nitrogens with zero attached hydrogens (tertiary/aromatic N) is 2. The third kappa shape index (κ3) is 8.86. The molecule has 0 aliphatic heterocycles. The van der Waals surface area contributed by atoms with Gasteiger partial charge in [-0.1, -0.05) is 90.6 Å². The van der Waals surface area contributed by atoms with Gasteiger partial charge in [-0.15, -0.1) is 0 Å². The summed E-state index contributed by atoms with van der Waals surface area (Å²) in [4.78, 5) is 30.2. The summed E-state index contributed by atoms with van der Waals surface area (Å²) in [6.07, 6.45) is 3.95. The van der Waals surface area contributed by atoms with Crippen LogP contribution in [0.4, 0.5) is 5.69 Å². The summed E-state index contributed by atoms with van der Waals surface area (Å²) in [5.74, 6) is -0.316. The van der Waals surface area contributed by atoms with Crippen molar-refractivity contribution in [2.45, 2.75) is 55.6 Å². The Morgan fingerprint density at radius 3 is 2.10 bits per heavy atom. The Labute approximate surface area is 297 Å². The molecule has 1 atom stereocenters. The van der Waals surface area contributed by atoms with Gasteiger partial charge in [0.15, 0.2) is 11.5 Å². The molecule has 4 aromatic rings. The second-order valence-electron chi connectivity index (χ2n) is 11.8. The molecule has 5 rings (SSSR count). The zero-order valence-corrected chi connectivity index (χ0v) is 29.7. The van der Waals surface area contributed by atoms with E-state index in [4.69, 9.17) is 32.7 Å². The summed E-state index contributed by atoms with van der Waals surface area (Å²) in [6.45, 7) is -0.617. The van der Waals surface area contributed by atoms with E-state index in [0.717, 1.165) is 35.6 Å². The topological polar surface area (TPSA) is 105 Å². The molecule has 2 amide bonds. The number of methoxy groups -OCH3 is 2. The minimum atomic E-state index is -4.34. The zero-order valence-electron chi connectivity index (χ0n) is 27.4. The molecule has 1 aliphatic carbocycles. The first-order chi connectivity index (χ1) is 23.6. The third-order valence-electron chi connectivity index (χ3n) is 8.58. The molecule has 49 heavy (non-hydrogen) atoms. The van der Waals surface area contributed by atoms with Crippen LogP contribution >= 0.6 is 23.2 Å². The van der Waals surface area contributed by atoms with Crippen molar-refractivity contribution < 1.29 is 27.5 Å². The Kier molecular flexibility index (Phi) is 12.1. The maximum absolute atomic E-state index is 14.7. The second-order valence-corrected chi connectivity index (χ2v) is 14.5. The Balaban J connectivity index is 1.58. The smallest absolute Gasteiger partial charge is 0.264 e. The SMILES string of the molecule is COc1ccc(S(=O)(=O)N(CC(=O)N(Cc2ccc(Cl)c(Cl)c2)C(Cc2ccccc2)C(=O)NC2CCCC2)c2ccccc2)cc1OC. The van der Waals surface area contributed by atoms with Crippen LogP contribution in [0.5, 0.6) is 11.5 Å². The predicted molar refractivity (Wildman–Crippen MR) is 192 cm³/mol. The molecule has 1 unspecified atom stereocenters. The second kappa shape index (κ2) is 16.4. The molecule has 0 aromatic heterocycles. The summed E-state index contributed by atoms with van der Waals surface area (Å²) in [5.41, 5.74) is 1.75. The molecule has 0 bridgehead atoms. The number of ether oxygens (including phenoxy) is 2. The lowest BCUT2D eigenvalue weighted by Crippen LogP contribution is -2.54. The maximum Gasteiger partial charge on any atom is 0.264 e. The average molecular weight is 725 g/mol. The van der Waals surface area contributed by atoms with Gasteiger partial charge in [-0.05, 0) is 60.4 Å². The Bertz CT molecular complexity index is 1850. The molecule has 0 saturated heterocycles. The van der Waals surface area contributed by atoms with Crippen molar-refractivity contribution in [1.29, 1.82) is 0 Å². The Morgan fingerprint density at radius 2 is 1.47 bits per heavy atom. The summed E-state index contributed by atoms with van der Waals surface area (Å²) >= 11 is 12.6. The fourth-order valence-electron chi connectivity index (χ4n) is 5.98. The average Bonchev–Trinajstić information content (AvgIpc) is 3.63. The lowest BCUT2D eigenvalue weighted by atomic mass is 10.0. The largest absolute Gasteiger partial charge is 0.493 e. The van der Waals surface area contributed by atoms with Crippen molar-refractivity contribution in [2.75, 3.05) is 25.1 Å². The lowest BCUT2D eigenvalue weighted by molar-refractivity contribution is -0.140. The fourth-order valence-corrected chi connectivity index (χ4v) is 7.73. The number of anilines is 1. The molecular weight excluding hydrogens is 685 g/mol. The van der Waals surface area contributed by atoms with Crippen LogP contribution in [0.25, 0.3) is 0 Å². The Hall–Kier alpha value is -4.25.